The molecule has 216 valence electrons. The topological polar surface area (TPSA) is 139 Å². The number of nitrogens with one attached hydrogen (secondary N) is 2. The molecule has 2 aromatic heterocycles. The van der Waals surface area contributed by atoms with Gasteiger partial charge in [0.2, 0.25) is 0 Å². The molecule has 0 fully saturated rings. The van der Waals surface area contributed by atoms with Crippen molar-refractivity contribution in [2.24, 2.45) is 0 Å². The summed E-state index contributed by atoms with van der Waals surface area (Å²) in [6.07, 6.45) is 3.61. The Morgan fingerprint density at radius 1 is 1.07 bits per heavy atom. The number of nitrogens with zero attached hydrogens (tertiary/aromatic N) is 4. The van der Waals surface area contributed by atoms with Crippen LogP contribution in [0.1, 0.15) is 33.3 Å². The van der Waals surface area contributed by atoms with E-state index in [2.05, 4.69) is 10.3 Å². The molecule has 0 unspecified atom stereocenters. The van der Waals surface area contributed by atoms with Crippen LogP contribution >= 0.6 is 0 Å². The smallest absolute Gasteiger partial charge is 0.335 e. The number of carbonyl (C=O) groups is 2. The van der Waals surface area contributed by atoms with Crippen LogP contribution in [0.4, 0.5) is 14.5 Å². The van der Waals surface area contributed by atoms with Crippen molar-refractivity contribution in [1.82, 2.24) is 19.0 Å². The van der Waals surface area contributed by atoms with Gasteiger partial charge in [-0.25, -0.2) is 18.1 Å². The summed E-state index contributed by atoms with van der Waals surface area (Å²) in [5.74, 6) is -2.86. The molecular weight excluding hydrogens is 550 g/mol. The number of aromatic nitrogens is 3. The molecule has 0 aliphatic carbocycles. The second kappa shape index (κ2) is 12.4. The van der Waals surface area contributed by atoms with Crippen molar-refractivity contribution >= 4 is 23.7 Å². The number of rotatable bonds is 9. The Labute approximate surface area is 238 Å². The summed E-state index contributed by atoms with van der Waals surface area (Å²) in [5, 5.41) is 9.83. The highest BCUT2D eigenvalue weighted by Crippen LogP contribution is 2.29. The van der Waals surface area contributed by atoms with Crippen molar-refractivity contribution < 1.29 is 23.1 Å². The van der Waals surface area contributed by atoms with Crippen molar-refractivity contribution in [1.29, 1.82) is 5.41 Å². The summed E-state index contributed by atoms with van der Waals surface area (Å²) in [7, 11) is 3.13. The summed E-state index contributed by atoms with van der Waals surface area (Å²) < 4.78 is 36.1. The van der Waals surface area contributed by atoms with Crippen molar-refractivity contribution in [3.63, 3.8) is 0 Å². The highest BCUT2D eigenvalue weighted by Gasteiger charge is 2.20. The van der Waals surface area contributed by atoms with Gasteiger partial charge in [0.25, 0.3) is 17.4 Å². The maximum absolute atomic E-state index is 15.1. The number of aryl methyl sites for hydroxylation is 1. The molecule has 0 saturated carbocycles. The normalized spacial score (nSPS) is 10.7. The largest absolute Gasteiger partial charge is 0.452 e. The third-order valence-corrected chi connectivity index (χ3v) is 6.11. The van der Waals surface area contributed by atoms with E-state index in [1.54, 1.807) is 21.0 Å². The maximum atomic E-state index is 15.1. The van der Waals surface area contributed by atoms with E-state index in [0.717, 1.165) is 39.7 Å². The second-order valence-corrected chi connectivity index (χ2v) is 9.21. The molecule has 0 saturated heterocycles. The monoisotopic (exact) mass is 576 g/mol. The molecule has 11 nitrogen and oxygen atoms in total. The minimum absolute atomic E-state index is 0.0128. The average molecular weight is 577 g/mol. The van der Waals surface area contributed by atoms with Crippen LogP contribution in [0, 0.1) is 17.0 Å². The van der Waals surface area contributed by atoms with E-state index in [9.17, 15) is 23.6 Å². The molecular formula is C29H26F2N6O5. The Bertz CT molecular complexity index is 1800. The van der Waals surface area contributed by atoms with E-state index in [4.69, 9.17) is 10.1 Å². The fourth-order valence-electron chi connectivity index (χ4n) is 3.97. The van der Waals surface area contributed by atoms with Gasteiger partial charge in [-0.3, -0.25) is 23.9 Å². The van der Waals surface area contributed by atoms with E-state index in [0.29, 0.717) is 5.69 Å². The molecule has 0 aliphatic heterocycles. The first-order chi connectivity index (χ1) is 20.0. The highest BCUT2D eigenvalue weighted by molar-refractivity contribution is 6.04. The third-order valence-electron chi connectivity index (χ3n) is 6.11. The quantitative estimate of drug-likeness (QED) is 0.292. The van der Waals surface area contributed by atoms with Gasteiger partial charge in [-0.15, -0.1) is 0 Å². The molecule has 2 amide bonds. The van der Waals surface area contributed by atoms with Crippen LogP contribution in [0.2, 0.25) is 0 Å². The van der Waals surface area contributed by atoms with Gasteiger partial charge >= 0.3 is 5.69 Å². The van der Waals surface area contributed by atoms with Gasteiger partial charge in [0.15, 0.2) is 11.6 Å². The van der Waals surface area contributed by atoms with Gasteiger partial charge in [0.05, 0.1) is 16.9 Å². The molecule has 0 spiro atoms. The van der Waals surface area contributed by atoms with E-state index in [1.165, 1.54) is 41.4 Å². The van der Waals surface area contributed by atoms with Crippen LogP contribution in [0.3, 0.4) is 0 Å². The fraction of sp³-hybridized carbons (Fsp3) is 0.172. The molecule has 0 bridgehead atoms. The standard InChI is InChI=1S/C29H26F2N6O5/c1-4-36-16-21(28(40)37(29(36)41)20-8-5-18(30)6-9-20)26(38)34-19-7-10-24(22(31)14-19)42-25-13-17(27(39)35(2)3)15-33-23(25)11-12-32/h5-10,12-16,32H,4,11H2,1-3H3,(H,34,38). The predicted molar refractivity (Wildman–Crippen MR) is 151 cm³/mol. The first kappa shape index (κ1) is 29.5. The molecule has 2 N–H and O–H groups in total. The zero-order valence-corrected chi connectivity index (χ0v) is 22.9. The Kier molecular flexibility index (Phi) is 8.70. The lowest BCUT2D eigenvalue weighted by Crippen LogP contribution is -2.42. The van der Waals surface area contributed by atoms with Gasteiger partial charge in [0.1, 0.15) is 17.1 Å². The molecule has 0 atom stereocenters. The van der Waals surface area contributed by atoms with Crippen molar-refractivity contribution in [3.05, 3.63) is 110 Å². The van der Waals surface area contributed by atoms with Crippen LogP contribution in [0.25, 0.3) is 5.69 Å². The van der Waals surface area contributed by atoms with E-state index >= 15 is 4.39 Å². The van der Waals surface area contributed by atoms with Crippen LogP contribution in [-0.4, -0.2) is 51.1 Å². The number of amides is 2. The van der Waals surface area contributed by atoms with E-state index in [-0.39, 0.29) is 47.3 Å². The zero-order valence-electron chi connectivity index (χ0n) is 22.9. The molecule has 4 aromatic rings. The van der Waals surface area contributed by atoms with Crippen LogP contribution in [0.5, 0.6) is 11.5 Å². The Morgan fingerprint density at radius 3 is 2.40 bits per heavy atom. The molecule has 13 heteroatoms. The molecule has 42 heavy (non-hydrogen) atoms. The first-order valence-corrected chi connectivity index (χ1v) is 12.6. The van der Waals surface area contributed by atoms with Gasteiger partial charge in [0, 0.05) is 57.4 Å². The van der Waals surface area contributed by atoms with E-state index in [1.807, 2.05) is 0 Å². The number of halogens is 2. The third kappa shape index (κ3) is 6.14. The highest BCUT2D eigenvalue weighted by atomic mass is 19.1. The average Bonchev–Trinajstić information content (AvgIpc) is 2.96. The van der Waals surface area contributed by atoms with Crippen molar-refractivity contribution in [2.75, 3.05) is 19.4 Å². The Hall–Kier alpha value is -5.46. The first-order valence-electron chi connectivity index (χ1n) is 12.6. The number of carbonyl (C=O) groups excluding carboxylic acids is 2. The number of ether oxygens (including phenoxy) is 1. The lowest BCUT2D eigenvalue weighted by Gasteiger charge is -2.15. The van der Waals surface area contributed by atoms with Crippen LogP contribution in [0.15, 0.2) is 70.5 Å². The fourth-order valence-corrected chi connectivity index (χ4v) is 3.97. The van der Waals surface area contributed by atoms with Crippen molar-refractivity contribution in [2.45, 2.75) is 19.9 Å². The Balaban J connectivity index is 1.63. The summed E-state index contributed by atoms with van der Waals surface area (Å²) in [5.41, 5.74) is -1.48. The summed E-state index contributed by atoms with van der Waals surface area (Å²) in [4.78, 5) is 57.0. The minimum Gasteiger partial charge on any atom is -0.452 e. The second-order valence-electron chi connectivity index (χ2n) is 9.21. The Morgan fingerprint density at radius 2 is 1.79 bits per heavy atom. The number of benzene rings is 2. The van der Waals surface area contributed by atoms with Crippen molar-refractivity contribution in [3.8, 4) is 17.2 Å². The lowest BCUT2D eigenvalue weighted by molar-refractivity contribution is 0.0826. The summed E-state index contributed by atoms with van der Waals surface area (Å²) >= 11 is 0. The van der Waals surface area contributed by atoms with E-state index < -0.39 is 34.4 Å². The van der Waals surface area contributed by atoms with Gasteiger partial charge < -0.3 is 20.4 Å². The van der Waals surface area contributed by atoms with Crippen LogP contribution < -0.4 is 21.3 Å². The lowest BCUT2D eigenvalue weighted by atomic mass is 10.2. The molecule has 0 radical (unpaired) electrons. The maximum Gasteiger partial charge on any atom is 0.335 e. The zero-order chi connectivity index (χ0) is 30.6. The number of pyridine rings is 1. The molecule has 2 heterocycles. The van der Waals surface area contributed by atoms with Gasteiger partial charge in [-0.05, 0) is 49.4 Å². The summed E-state index contributed by atoms with van der Waals surface area (Å²) in [6, 6.07) is 9.59. The number of hydrogen-bond donors (Lipinski definition) is 2. The molecule has 4 rings (SSSR count). The SMILES string of the molecule is CCn1cc(C(=O)Nc2ccc(Oc3cc(C(=O)N(C)C)cnc3CC=N)c(F)c2)c(=O)n(-c2ccc(F)cc2)c1=O. The number of anilines is 1. The molecule has 2 aromatic carbocycles. The molecule has 0 aliphatic rings. The minimum atomic E-state index is -0.937. The van der Waals surface area contributed by atoms with Gasteiger partial charge in [-0.2, -0.15) is 0 Å². The number of hydrogen-bond acceptors (Lipinski definition) is 7. The predicted octanol–water partition coefficient (Wildman–Crippen LogP) is 3.63. The van der Waals surface area contributed by atoms with Crippen LogP contribution in [-0.2, 0) is 13.0 Å². The summed E-state index contributed by atoms with van der Waals surface area (Å²) in [6.45, 7) is 1.78. The van der Waals surface area contributed by atoms with Gasteiger partial charge in [-0.1, -0.05) is 0 Å².